The first-order valence-corrected chi connectivity index (χ1v) is 4.34. The third kappa shape index (κ3) is 2.21. The minimum atomic E-state index is -0.356. The first kappa shape index (κ1) is 10.9. The Bertz CT molecular complexity index is 315. The van der Waals surface area contributed by atoms with E-state index in [4.69, 9.17) is 10.6 Å². The summed E-state index contributed by atoms with van der Waals surface area (Å²) in [6, 6.07) is 3.10. The van der Waals surface area contributed by atoms with Gasteiger partial charge < -0.3 is 9.57 Å². The minimum absolute atomic E-state index is 0.280. The van der Waals surface area contributed by atoms with Crippen LogP contribution in [0.3, 0.4) is 0 Å². The zero-order valence-electron chi connectivity index (χ0n) is 8.34. The Morgan fingerprint density at radius 1 is 1.43 bits per heavy atom. The van der Waals surface area contributed by atoms with Crippen molar-refractivity contribution >= 4 is 0 Å². The first-order valence-electron chi connectivity index (χ1n) is 4.34. The fraction of sp³-hybridized carbons (Fsp3) is 0.400. The molecule has 2 N–H and O–H groups in total. The molecule has 1 aromatic carbocycles. The molecule has 0 amide bonds. The van der Waals surface area contributed by atoms with Gasteiger partial charge in [0.2, 0.25) is 0 Å². The van der Waals surface area contributed by atoms with Gasteiger partial charge in [-0.3, -0.25) is 0 Å². The molecule has 0 bridgehead atoms. The van der Waals surface area contributed by atoms with Gasteiger partial charge in [-0.15, -0.1) is 0 Å². The smallest absolute Gasteiger partial charge is 0.165 e. The van der Waals surface area contributed by atoms with E-state index in [-0.39, 0.29) is 11.6 Å². The molecular weight excluding hydrogens is 185 g/mol. The van der Waals surface area contributed by atoms with Gasteiger partial charge in [0, 0.05) is 12.0 Å². The lowest BCUT2D eigenvalue weighted by atomic mass is 10.0. The van der Waals surface area contributed by atoms with Crippen LogP contribution in [-0.2, 0) is 11.3 Å². The molecule has 0 atom stereocenters. The third-order valence-corrected chi connectivity index (χ3v) is 2.12. The average molecular weight is 199 g/mol. The molecule has 3 nitrogen and oxygen atoms in total. The lowest BCUT2D eigenvalue weighted by Gasteiger charge is -2.11. The fourth-order valence-corrected chi connectivity index (χ4v) is 1.39. The molecule has 4 heteroatoms. The molecule has 0 aliphatic rings. The molecule has 0 radical (unpaired) electrons. The number of ether oxygens (including phenoxy) is 1. The maximum absolute atomic E-state index is 13.3. The molecular formula is C10H14FNO2. The normalized spacial score (nSPS) is 10.3. The van der Waals surface area contributed by atoms with Crippen LogP contribution in [0.25, 0.3) is 0 Å². The fourth-order valence-electron chi connectivity index (χ4n) is 1.39. The maximum atomic E-state index is 13.3. The number of rotatable bonds is 4. The topological polar surface area (TPSA) is 44.5 Å². The zero-order chi connectivity index (χ0) is 10.6. The number of hydrogen-bond acceptors (Lipinski definition) is 3. The largest absolute Gasteiger partial charge is 0.493 e. The summed E-state index contributed by atoms with van der Waals surface area (Å²) in [4.78, 5) is 4.46. The van der Waals surface area contributed by atoms with Crippen molar-refractivity contribution in [2.75, 3.05) is 13.7 Å². The highest BCUT2D eigenvalue weighted by Crippen LogP contribution is 2.25. The summed E-state index contributed by atoms with van der Waals surface area (Å²) in [5.74, 6) is 4.84. The van der Waals surface area contributed by atoms with Crippen LogP contribution in [0.2, 0.25) is 0 Å². The predicted octanol–water partition coefficient (Wildman–Crippen LogP) is 1.58. The van der Waals surface area contributed by atoms with E-state index < -0.39 is 0 Å². The molecule has 0 aliphatic heterocycles. The Labute approximate surface area is 82.6 Å². The summed E-state index contributed by atoms with van der Waals surface area (Å²) in [6.07, 6.45) is 0.545. The van der Waals surface area contributed by atoms with Crippen LogP contribution in [0, 0.1) is 12.7 Å². The van der Waals surface area contributed by atoms with Crippen molar-refractivity contribution in [2.24, 2.45) is 5.90 Å². The highest BCUT2D eigenvalue weighted by Gasteiger charge is 2.11. The summed E-state index contributed by atoms with van der Waals surface area (Å²) in [7, 11) is 1.45. The van der Waals surface area contributed by atoms with Crippen molar-refractivity contribution in [3.8, 4) is 5.75 Å². The van der Waals surface area contributed by atoms with Crippen LogP contribution < -0.4 is 10.6 Å². The molecule has 0 heterocycles. The number of hydrogen-bond donors (Lipinski definition) is 1. The summed E-state index contributed by atoms with van der Waals surface area (Å²) in [5, 5.41) is 0. The van der Waals surface area contributed by atoms with Gasteiger partial charge in [0.1, 0.15) is 0 Å². The van der Waals surface area contributed by atoms with E-state index in [2.05, 4.69) is 4.84 Å². The minimum Gasteiger partial charge on any atom is -0.493 e. The van der Waals surface area contributed by atoms with Gasteiger partial charge in [0.05, 0.1) is 13.7 Å². The van der Waals surface area contributed by atoms with E-state index in [1.165, 1.54) is 13.2 Å². The number of benzene rings is 1. The van der Waals surface area contributed by atoms with Crippen molar-refractivity contribution in [3.05, 3.63) is 29.1 Å². The molecule has 0 aliphatic carbocycles. The van der Waals surface area contributed by atoms with Crippen LogP contribution >= 0.6 is 0 Å². The Balaban J connectivity index is 3.03. The van der Waals surface area contributed by atoms with Crippen LogP contribution in [0.5, 0.6) is 5.75 Å². The van der Waals surface area contributed by atoms with Crippen molar-refractivity contribution < 1.29 is 14.0 Å². The molecule has 0 fully saturated rings. The predicted molar refractivity (Wildman–Crippen MR) is 51.5 cm³/mol. The van der Waals surface area contributed by atoms with Crippen LogP contribution in [0.15, 0.2) is 12.1 Å². The van der Waals surface area contributed by atoms with Gasteiger partial charge in [-0.25, -0.2) is 10.3 Å². The molecule has 1 aromatic rings. The third-order valence-electron chi connectivity index (χ3n) is 2.12. The summed E-state index contributed by atoms with van der Waals surface area (Å²) >= 11 is 0. The molecule has 0 saturated carbocycles. The van der Waals surface area contributed by atoms with Crippen molar-refractivity contribution in [1.29, 1.82) is 0 Å². The van der Waals surface area contributed by atoms with E-state index in [0.717, 1.165) is 11.1 Å². The van der Waals surface area contributed by atoms with E-state index in [1.807, 2.05) is 6.92 Å². The molecule has 14 heavy (non-hydrogen) atoms. The number of halogens is 1. The SMILES string of the molecule is COc1c(F)ccc(C)c1CCON. The molecule has 78 valence electrons. The maximum Gasteiger partial charge on any atom is 0.165 e. The molecule has 1 rings (SSSR count). The van der Waals surface area contributed by atoms with Crippen molar-refractivity contribution in [2.45, 2.75) is 13.3 Å². The molecule has 0 spiro atoms. The van der Waals surface area contributed by atoms with Gasteiger partial charge in [-0.2, -0.15) is 0 Å². The van der Waals surface area contributed by atoms with Gasteiger partial charge in [0.15, 0.2) is 11.6 Å². The Morgan fingerprint density at radius 2 is 2.14 bits per heavy atom. The highest BCUT2D eigenvalue weighted by molar-refractivity contribution is 5.41. The second-order valence-electron chi connectivity index (χ2n) is 3.00. The van der Waals surface area contributed by atoms with Crippen molar-refractivity contribution in [1.82, 2.24) is 0 Å². The van der Waals surface area contributed by atoms with E-state index in [0.29, 0.717) is 13.0 Å². The average Bonchev–Trinajstić information content (AvgIpc) is 2.19. The second kappa shape index (κ2) is 4.93. The molecule has 0 unspecified atom stereocenters. The zero-order valence-corrected chi connectivity index (χ0v) is 8.34. The Morgan fingerprint density at radius 3 is 2.71 bits per heavy atom. The lowest BCUT2D eigenvalue weighted by molar-refractivity contribution is 0.140. The highest BCUT2D eigenvalue weighted by atomic mass is 19.1. The van der Waals surface area contributed by atoms with Gasteiger partial charge in [-0.05, 0) is 18.6 Å². The van der Waals surface area contributed by atoms with Crippen LogP contribution in [0.1, 0.15) is 11.1 Å². The van der Waals surface area contributed by atoms with Gasteiger partial charge >= 0.3 is 0 Å². The lowest BCUT2D eigenvalue weighted by Crippen LogP contribution is -2.07. The van der Waals surface area contributed by atoms with Gasteiger partial charge in [0.25, 0.3) is 0 Å². The van der Waals surface area contributed by atoms with Crippen LogP contribution in [0.4, 0.5) is 4.39 Å². The van der Waals surface area contributed by atoms with Gasteiger partial charge in [-0.1, -0.05) is 6.07 Å². The van der Waals surface area contributed by atoms with E-state index in [1.54, 1.807) is 6.07 Å². The number of aryl methyl sites for hydroxylation is 1. The summed E-state index contributed by atoms with van der Waals surface area (Å²) in [6.45, 7) is 2.24. The van der Waals surface area contributed by atoms with E-state index >= 15 is 0 Å². The standard InChI is InChI=1S/C10H14FNO2/c1-7-3-4-9(11)10(13-2)8(7)5-6-14-12/h3-4H,5-6,12H2,1-2H3. The summed E-state index contributed by atoms with van der Waals surface area (Å²) in [5.41, 5.74) is 1.78. The number of nitrogens with two attached hydrogens (primary N) is 1. The first-order chi connectivity index (χ1) is 6.70. The Kier molecular flexibility index (Phi) is 3.85. The van der Waals surface area contributed by atoms with Crippen molar-refractivity contribution in [3.63, 3.8) is 0 Å². The second-order valence-corrected chi connectivity index (χ2v) is 3.00. The molecule has 0 aromatic heterocycles. The summed E-state index contributed by atoms with van der Waals surface area (Å²) < 4.78 is 18.2. The van der Waals surface area contributed by atoms with Crippen LogP contribution in [-0.4, -0.2) is 13.7 Å². The number of methoxy groups -OCH3 is 1. The quantitative estimate of drug-likeness (QED) is 0.749. The molecule has 0 saturated heterocycles. The van der Waals surface area contributed by atoms with E-state index in [9.17, 15) is 4.39 Å². The Hall–Kier alpha value is -1.13. The monoisotopic (exact) mass is 199 g/mol.